The van der Waals surface area contributed by atoms with Gasteiger partial charge >= 0.3 is 0 Å². The van der Waals surface area contributed by atoms with Crippen molar-refractivity contribution in [3.05, 3.63) is 58.7 Å². The molecule has 0 aliphatic heterocycles. The minimum Gasteiger partial charge on any atom is -0.337 e. The summed E-state index contributed by atoms with van der Waals surface area (Å²) in [4.78, 5) is 39.1. The van der Waals surface area contributed by atoms with Gasteiger partial charge in [-0.3, -0.25) is 14.4 Å². The second-order valence-electron chi connectivity index (χ2n) is 5.26. The van der Waals surface area contributed by atoms with Crippen molar-refractivity contribution in [2.24, 2.45) is 0 Å². The first-order chi connectivity index (χ1) is 11.2. The van der Waals surface area contributed by atoms with E-state index >= 15 is 0 Å². The number of carbonyl (C=O) groups excluding carboxylic acids is 3. The zero-order chi connectivity index (χ0) is 16.2. The number of rotatable bonds is 4. The monoisotopic (exact) mass is 326 g/mol. The van der Waals surface area contributed by atoms with Gasteiger partial charge in [0.05, 0.1) is 5.57 Å². The molecule has 23 heavy (non-hydrogen) atoms. The highest BCUT2D eigenvalue weighted by Crippen LogP contribution is 2.31. The van der Waals surface area contributed by atoms with Crippen molar-refractivity contribution < 1.29 is 14.4 Å². The molecule has 116 valence electrons. The van der Waals surface area contributed by atoms with Gasteiger partial charge in [-0.25, -0.2) is 4.98 Å². The standard InChI is InChI=1S/C17H14N2O3S/c20-9-13-10-23-17(19-13)18-8-14-15(21)6-12(7-16(14)22)11-4-2-1-3-5-11/h1-5,8-10,12H,6-7H2,(H,18,19). The van der Waals surface area contributed by atoms with Crippen molar-refractivity contribution in [1.29, 1.82) is 0 Å². The van der Waals surface area contributed by atoms with E-state index in [1.807, 2.05) is 30.3 Å². The largest absolute Gasteiger partial charge is 0.337 e. The summed E-state index contributed by atoms with van der Waals surface area (Å²) in [5.74, 6) is -0.403. The smallest absolute Gasteiger partial charge is 0.187 e. The molecule has 0 saturated heterocycles. The SMILES string of the molecule is O=Cc1csc(NC=C2C(=O)CC(c3ccccc3)CC2=O)n1. The molecule has 1 saturated carbocycles. The lowest BCUT2D eigenvalue weighted by Gasteiger charge is -2.22. The van der Waals surface area contributed by atoms with E-state index in [-0.39, 0.29) is 23.1 Å². The molecule has 1 fully saturated rings. The predicted octanol–water partition coefficient (Wildman–Crippen LogP) is 2.97. The van der Waals surface area contributed by atoms with Crippen LogP contribution in [0.1, 0.15) is 34.8 Å². The summed E-state index contributed by atoms with van der Waals surface area (Å²) in [6, 6.07) is 9.60. The number of ketones is 2. The number of anilines is 1. The fraction of sp³-hybridized carbons (Fsp3) is 0.176. The van der Waals surface area contributed by atoms with Crippen LogP contribution in [0.25, 0.3) is 0 Å². The first-order valence-electron chi connectivity index (χ1n) is 7.16. The Morgan fingerprint density at radius 3 is 2.43 bits per heavy atom. The van der Waals surface area contributed by atoms with Gasteiger partial charge in [0.25, 0.3) is 0 Å². The zero-order valence-corrected chi connectivity index (χ0v) is 13.0. The Hall–Kier alpha value is -2.60. The summed E-state index contributed by atoms with van der Waals surface area (Å²) < 4.78 is 0. The van der Waals surface area contributed by atoms with Gasteiger partial charge in [0.2, 0.25) is 0 Å². The maximum atomic E-state index is 12.3. The summed E-state index contributed by atoms with van der Waals surface area (Å²) in [5, 5.41) is 4.91. The Kier molecular flexibility index (Phi) is 4.43. The summed E-state index contributed by atoms with van der Waals surface area (Å²) in [6.07, 6.45) is 2.69. The quantitative estimate of drug-likeness (QED) is 0.531. The molecule has 3 rings (SSSR count). The molecule has 0 atom stereocenters. The number of aromatic nitrogens is 1. The molecule has 0 spiro atoms. The maximum absolute atomic E-state index is 12.3. The lowest BCUT2D eigenvalue weighted by Crippen LogP contribution is -2.25. The normalized spacial score (nSPS) is 17.9. The van der Waals surface area contributed by atoms with E-state index in [2.05, 4.69) is 10.3 Å². The number of allylic oxidation sites excluding steroid dienone is 1. The van der Waals surface area contributed by atoms with E-state index in [1.54, 1.807) is 5.38 Å². The second kappa shape index (κ2) is 6.66. The van der Waals surface area contributed by atoms with Gasteiger partial charge in [-0.1, -0.05) is 30.3 Å². The van der Waals surface area contributed by atoms with Crippen LogP contribution < -0.4 is 5.32 Å². The van der Waals surface area contributed by atoms with Crippen LogP contribution in [-0.4, -0.2) is 22.8 Å². The summed E-state index contributed by atoms with van der Waals surface area (Å²) >= 11 is 1.24. The molecule has 1 N–H and O–H groups in total. The molecule has 1 aromatic heterocycles. The fourth-order valence-corrected chi connectivity index (χ4v) is 3.18. The molecular weight excluding hydrogens is 312 g/mol. The number of Topliss-reactive ketones (excluding diaryl/α,β-unsaturated/α-hetero) is 2. The van der Waals surface area contributed by atoms with Crippen LogP contribution >= 0.6 is 11.3 Å². The summed E-state index contributed by atoms with van der Waals surface area (Å²) in [7, 11) is 0. The van der Waals surface area contributed by atoms with E-state index in [4.69, 9.17) is 0 Å². The van der Waals surface area contributed by atoms with Gasteiger partial charge in [-0.05, 0) is 11.5 Å². The van der Waals surface area contributed by atoms with Crippen molar-refractivity contribution in [2.45, 2.75) is 18.8 Å². The number of benzene rings is 1. The highest BCUT2D eigenvalue weighted by atomic mass is 32.1. The molecule has 1 aliphatic carbocycles. The lowest BCUT2D eigenvalue weighted by atomic mass is 9.80. The molecule has 0 amide bonds. The Bertz CT molecular complexity index is 760. The third-order valence-electron chi connectivity index (χ3n) is 3.72. The van der Waals surface area contributed by atoms with Crippen molar-refractivity contribution in [3.8, 4) is 0 Å². The molecule has 1 heterocycles. The van der Waals surface area contributed by atoms with Crippen LogP contribution in [0.4, 0.5) is 5.13 Å². The molecule has 2 aromatic rings. The number of nitrogens with zero attached hydrogens (tertiary/aromatic N) is 1. The topological polar surface area (TPSA) is 76.1 Å². The van der Waals surface area contributed by atoms with Gasteiger partial charge in [0, 0.05) is 24.4 Å². The number of carbonyl (C=O) groups is 3. The van der Waals surface area contributed by atoms with Crippen LogP contribution in [0.15, 0.2) is 47.5 Å². The van der Waals surface area contributed by atoms with Gasteiger partial charge in [0.1, 0.15) is 5.69 Å². The number of hydrogen-bond donors (Lipinski definition) is 1. The number of aldehydes is 1. The molecular formula is C17H14N2O3S. The van der Waals surface area contributed by atoms with E-state index in [0.29, 0.717) is 30.0 Å². The lowest BCUT2D eigenvalue weighted by molar-refractivity contribution is -0.124. The van der Waals surface area contributed by atoms with Gasteiger partial charge in [-0.2, -0.15) is 0 Å². The molecule has 0 bridgehead atoms. The molecule has 1 aromatic carbocycles. The van der Waals surface area contributed by atoms with Crippen LogP contribution in [-0.2, 0) is 9.59 Å². The Morgan fingerprint density at radius 1 is 1.13 bits per heavy atom. The van der Waals surface area contributed by atoms with Crippen LogP contribution in [0.3, 0.4) is 0 Å². The predicted molar refractivity (Wildman–Crippen MR) is 87.6 cm³/mol. The number of nitrogens with one attached hydrogen (secondary N) is 1. The van der Waals surface area contributed by atoms with Crippen molar-refractivity contribution in [3.63, 3.8) is 0 Å². The Labute approximate surface area is 137 Å². The molecule has 0 unspecified atom stereocenters. The van der Waals surface area contributed by atoms with Crippen molar-refractivity contribution >= 4 is 34.3 Å². The highest BCUT2D eigenvalue weighted by Gasteiger charge is 2.31. The van der Waals surface area contributed by atoms with Crippen LogP contribution in [0, 0.1) is 0 Å². The minimum atomic E-state index is -0.172. The first kappa shape index (κ1) is 15.3. The highest BCUT2D eigenvalue weighted by molar-refractivity contribution is 7.13. The van der Waals surface area contributed by atoms with E-state index in [1.165, 1.54) is 17.5 Å². The fourth-order valence-electron chi connectivity index (χ4n) is 2.56. The van der Waals surface area contributed by atoms with Gasteiger partial charge in [0.15, 0.2) is 23.0 Å². The van der Waals surface area contributed by atoms with Gasteiger partial charge < -0.3 is 5.32 Å². The minimum absolute atomic E-state index is 0.0603. The van der Waals surface area contributed by atoms with E-state index in [9.17, 15) is 14.4 Å². The van der Waals surface area contributed by atoms with E-state index < -0.39 is 0 Å². The van der Waals surface area contributed by atoms with Crippen LogP contribution in [0.5, 0.6) is 0 Å². The molecule has 0 radical (unpaired) electrons. The molecule has 5 nitrogen and oxygen atoms in total. The summed E-state index contributed by atoms with van der Waals surface area (Å²) in [5.41, 5.74) is 1.50. The van der Waals surface area contributed by atoms with Crippen molar-refractivity contribution in [1.82, 2.24) is 4.98 Å². The Balaban J connectivity index is 1.72. The van der Waals surface area contributed by atoms with E-state index in [0.717, 1.165) is 5.56 Å². The van der Waals surface area contributed by atoms with Crippen molar-refractivity contribution in [2.75, 3.05) is 5.32 Å². The third-order valence-corrected chi connectivity index (χ3v) is 4.51. The number of hydrogen-bond acceptors (Lipinski definition) is 6. The second-order valence-corrected chi connectivity index (χ2v) is 6.12. The first-order valence-corrected chi connectivity index (χ1v) is 8.04. The van der Waals surface area contributed by atoms with Crippen LogP contribution in [0.2, 0.25) is 0 Å². The maximum Gasteiger partial charge on any atom is 0.187 e. The third kappa shape index (κ3) is 3.43. The van der Waals surface area contributed by atoms with Gasteiger partial charge in [-0.15, -0.1) is 11.3 Å². The average molecular weight is 326 g/mol. The number of thiazole rings is 1. The molecule has 6 heteroatoms. The Morgan fingerprint density at radius 2 is 1.83 bits per heavy atom. The molecule has 1 aliphatic rings. The summed E-state index contributed by atoms with van der Waals surface area (Å²) in [6.45, 7) is 0. The zero-order valence-electron chi connectivity index (χ0n) is 12.2. The average Bonchev–Trinajstić information content (AvgIpc) is 3.03.